The lowest BCUT2D eigenvalue weighted by molar-refractivity contribution is 0.487. The lowest BCUT2D eigenvalue weighted by Gasteiger charge is -2.08. The molecule has 3 rings (SSSR count). The fraction of sp³-hybridized carbons (Fsp3) is 0. The Morgan fingerprint density at radius 2 is 1.74 bits per heavy atom. The Balaban J connectivity index is 1.99. The van der Waals surface area contributed by atoms with Crippen LogP contribution in [0.2, 0.25) is 0 Å². The minimum atomic E-state index is 0.600. The fourth-order valence-corrected chi connectivity index (χ4v) is 1.87. The molecule has 0 amide bonds. The number of rotatable bonds is 2. The zero-order valence-electron chi connectivity index (χ0n) is 10.1. The summed E-state index contributed by atoms with van der Waals surface area (Å²) in [5, 5.41) is 1.04. The molecular weight excluding hydrogens is 236 g/mol. The molecular formula is C16H10N2O. The van der Waals surface area contributed by atoms with Crippen LogP contribution in [0.3, 0.4) is 0 Å². The minimum Gasteiger partial charge on any atom is -0.455 e. The van der Waals surface area contributed by atoms with Crippen LogP contribution in [0.4, 0.5) is 5.69 Å². The van der Waals surface area contributed by atoms with Crippen molar-refractivity contribution in [3.05, 3.63) is 72.2 Å². The number of nitrogens with zero attached hydrogens (tertiary/aromatic N) is 2. The van der Waals surface area contributed by atoms with Crippen molar-refractivity contribution in [2.24, 2.45) is 0 Å². The molecule has 0 N–H and O–H groups in total. The summed E-state index contributed by atoms with van der Waals surface area (Å²) in [6, 6.07) is 16.8. The van der Waals surface area contributed by atoms with Gasteiger partial charge in [0, 0.05) is 11.6 Å². The number of pyridine rings is 1. The molecule has 0 unspecified atom stereocenters. The van der Waals surface area contributed by atoms with E-state index in [1.165, 1.54) is 0 Å². The van der Waals surface area contributed by atoms with E-state index >= 15 is 0 Å². The Bertz CT molecular complexity index is 752. The fourth-order valence-electron chi connectivity index (χ4n) is 1.87. The van der Waals surface area contributed by atoms with Gasteiger partial charge in [-0.1, -0.05) is 30.3 Å². The molecule has 0 atom stereocenters. The van der Waals surface area contributed by atoms with Gasteiger partial charge in [0.05, 0.1) is 6.57 Å². The molecule has 0 aliphatic carbocycles. The highest BCUT2D eigenvalue weighted by Crippen LogP contribution is 2.29. The minimum absolute atomic E-state index is 0.600. The first kappa shape index (κ1) is 11.2. The van der Waals surface area contributed by atoms with Gasteiger partial charge in [-0.25, -0.2) is 4.85 Å². The summed E-state index contributed by atoms with van der Waals surface area (Å²) in [5.74, 6) is 1.42. The summed E-state index contributed by atoms with van der Waals surface area (Å²) >= 11 is 0. The van der Waals surface area contributed by atoms with Crippen LogP contribution in [0.1, 0.15) is 0 Å². The molecule has 90 valence electrons. The van der Waals surface area contributed by atoms with Gasteiger partial charge in [0.1, 0.15) is 11.3 Å². The summed E-state index contributed by atoms with van der Waals surface area (Å²) < 4.78 is 5.83. The Kier molecular flexibility index (Phi) is 2.83. The molecule has 0 saturated carbocycles. The third kappa shape index (κ3) is 2.24. The third-order valence-electron chi connectivity index (χ3n) is 2.79. The SMILES string of the molecule is [C-]#[N+]c1ccc(Oc2cccc3cccnc23)cc1. The molecule has 0 fully saturated rings. The number of ether oxygens (including phenoxy) is 1. The Morgan fingerprint density at radius 1 is 0.947 bits per heavy atom. The molecule has 2 aromatic carbocycles. The number of hydrogen-bond acceptors (Lipinski definition) is 2. The highest BCUT2D eigenvalue weighted by Gasteiger charge is 2.04. The molecule has 1 aromatic heterocycles. The van der Waals surface area contributed by atoms with E-state index in [0.29, 0.717) is 17.2 Å². The standard InChI is InChI=1S/C16H10N2O/c1-17-13-7-9-14(10-8-13)19-15-6-2-4-12-5-3-11-18-16(12)15/h2-11H. The summed E-state index contributed by atoms with van der Waals surface area (Å²) in [4.78, 5) is 7.69. The Morgan fingerprint density at radius 3 is 2.53 bits per heavy atom. The summed E-state index contributed by atoms with van der Waals surface area (Å²) in [7, 11) is 0. The first-order valence-electron chi connectivity index (χ1n) is 5.86. The van der Waals surface area contributed by atoms with Gasteiger partial charge in [0.2, 0.25) is 0 Å². The van der Waals surface area contributed by atoms with E-state index in [9.17, 15) is 0 Å². The van der Waals surface area contributed by atoms with Crippen molar-refractivity contribution in [2.75, 3.05) is 0 Å². The quantitative estimate of drug-likeness (QED) is 0.619. The van der Waals surface area contributed by atoms with Gasteiger partial charge >= 0.3 is 0 Å². The molecule has 1 heterocycles. The maximum absolute atomic E-state index is 6.92. The summed E-state index contributed by atoms with van der Waals surface area (Å²) in [6.45, 7) is 6.92. The van der Waals surface area contributed by atoms with E-state index in [1.807, 2.05) is 30.3 Å². The zero-order valence-corrected chi connectivity index (χ0v) is 10.1. The first-order chi connectivity index (χ1) is 9.36. The van der Waals surface area contributed by atoms with Gasteiger partial charge < -0.3 is 4.74 Å². The lowest BCUT2D eigenvalue weighted by Crippen LogP contribution is -1.87. The van der Waals surface area contributed by atoms with Crippen LogP contribution in [0.25, 0.3) is 15.7 Å². The van der Waals surface area contributed by atoms with Crippen molar-refractivity contribution in [3.63, 3.8) is 0 Å². The van der Waals surface area contributed by atoms with Crippen molar-refractivity contribution in [1.29, 1.82) is 0 Å². The highest BCUT2D eigenvalue weighted by atomic mass is 16.5. The van der Waals surface area contributed by atoms with E-state index in [-0.39, 0.29) is 0 Å². The molecule has 0 radical (unpaired) electrons. The molecule has 3 heteroatoms. The van der Waals surface area contributed by atoms with E-state index < -0.39 is 0 Å². The van der Waals surface area contributed by atoms with Crippen LogP contribution >= 0.6 is 0 Å². The van der Waals surface area contributed by atoms with Crippen LogP contribution in [-0.4, -0.2) is 4.98 Å². The molecule has 3 aromatic rings. The van der Waals surface area contributed by atoms with Crippen molar-refractivity contribution >= 4 is 16.6 Å². The molecule has 0 spiro atoms. The van der Waals surface area contributed by atoms with Crippen LogP contribution in [0, 0.1) is 6.57 Å². The molecule has 19 heavy (non-hydrogen) atoms. The number of para-hydroxylation sites is 1. The van der Waals surface area contributed by atoms with Gasteiger partial charge in [-0.05, 0) is 24.3 Å². The second-order valence-corrected chi connectivity index (χ2v) is 4.04. The highest BCUT2D eigenvalue weighted by molar-refractivity contribution is 5.84. The van der Waals surface area contributed by atoms with Crippen LogP contribution in [0.15, 0.2) is 60.8 Å². The first-order valence-corrected chi connectivity index (χ1v) is 5.86. The van der Waals surface area contributed by atoms with E-state index in [1.54, 1.807) is 30.5 Å². The van der Waals surface area contributed by atoms with E-state index in [4.69, 9.17) is 11.3 Å². The number of benzene rings is 2. The van der Waals surface area contributed by atoms with Crippen LogP contribution in [0.5, 0.6) is 11.5 Å². The van der Waals surface area contributed by atoms with Gasteiger partial charge in [-0.2, -0.15) is 0 Å². The monoisotopic (exact) mass is 246 g/mol. The molecule has 0 bridgehead atoms. The van der Waals surface area contributed by atoms with Crippen LogP contribution < -0.4 is 4.74 Å². The van der Waals surface area contributed by atoms with Gasteiger partial charge in [0.15, 0.2) is 11.4 Å². The molecule has 3 nitrogen and oxygen atoms in total. The van der Waals surface area contributed by atoms with E-state index in [2.05, 4.69) is 9.83 Å². The zero-order chi connectivity index (χ0) is 13.1. The van der Waals surface area contributed by atoms with E-state index in [0.717, 1.165) is 10.9 Å². The smallest absolute Gasteiger partial charge is 0.187 e. The van der Waals surface area contributed by atoms with Gasteiger partial charge in [0.25, 0.3) is 0 Å². The molecule has 0 saturated heterocycles. The second kappa shape index (κ2) is 4.79. The lowest BCUT2D eigenvalue weighted by atomic mass is 10.2. The number of fused-ring (bicyclic) bond motifs is 1. The van der Waals surface area contributed by atoms with Crippen LogP contribution in [-0.2, 0) is 0 Å². The Hall–Kier alpha value is -2.86. The second-order valence-electron chi connectivity index (χ2n) is 4.04. The normalized spacial score (nSPS) is 10.1. The predicted octanol–water partition coefficient (Wildman–Crippen LogP) is 4.58. The summed E-state index contributed by atoms with van der Waals surface area (Å²) in [6.07, 6.45) is 1.75. The third-order valence-corrected chi connectivity index (χ3v) is 2.79. The maximum atomic E-state index is 6.92. The average molecular weight is 246 g/mol. The summed E-state index contributed by atoms with van der Waals surface area (Å²) in [5.41, 5.74) is 1.43. The van der Waals surface area contributed by atoms with Crippen molar-refractivity contribution < 1.29 is 4.74 Å². The topological polar surface area (TPSA) is 26.5 Å². The predicted molar refractivity (Wildman–Crippen MR) is 74.5 cm³/mol. The number of aromatic nitrogens is 1. The average Bonchev–Trinajstić information content (AvgIpc) is 2.48. The van der Waals surface area contributed by atoms with Crippen molar-refractivity contribution in [2.45, 2.75) is 0 Å². The maximum Gasteiger partial charge on any atom is 0.187 e. The number of hydrogen-bond donors (Lipinski definition) is 0. The van der Waals surface area contributed by atoms with Crippen molar-refractivity contribution in [1.82, 2.24) is 4.98 Å². The van der Waals surface area contributed by atoms with Gasteiger partial charge in [-0.3, -0.25) is 4.98 Å². The van der Waals surface area contributed by atoms with Gasteiger partial charge in [-0.15, -0.1) is 0 Å². The largest absolute Gasteiger partial charge is 0.455 e. The Labute approximate surface area is 110 Å². The van der Waals surface area contributed by atoms with Crippen molar-refractivity contribution in [3.8, 4) is 11.5 Å². The molecule has 0 aliphatic heterocycles. The molecule has 0 aliphatic rings.